The Bertz CT molecular complexity index is 1350. The first-order valence-corrected chi connectivity index (χ1v) is 14.8. The average Bonchev–Trinajstić information content (AvgIpc) is 2.93. The zero-order valence-electron chi connectivity index (χ0n) is 22.3. The van der Waals surface area contributed by atoms with E-state index in [1.807, 2.05) is 42.5 Å². The lowest BCUT2D eigenvalue weighted by atomic mass is 10.0. The Labute approximate surface area is 235 Å². The molecule has 39 heavy (non-hydrogen) atoms. The molecular weight excluding hydrogens is 538 g/mol. The fraction of sp³-hybridized carbons (Fsp3) is 0.310. The van der Waals surface area contributed by atoms with Gasteiger partial charge in [-0.1, -0.05) is 66.2 Å². The van der Waals surface area contributed by atoms with Crippen molar-refractivity contribution in [1.29, 1.82) is 0 Å². The molecule has 10 heteroatoms. The molecule has 3 rings (SSSR count). The van der Waals surface area contributed by atoms with Crippen LogP contribution in [0.25, 0.3) is 0 Å². The maximum atomic E-state index is 13.7. The molecule has 0 bridgehead atoms. The number of methoxy groups -OCH3 is 1. The van der Waals surface area contributed by atoms with Crippen molar-refractivity contribution in [3.8, 4) is 5.75 Å². The summed E-state index contributed by atoms with van der Waals surface area (Å²) in [6, 6.07) is 22.7. The molecule has 0 aliphatic carbocycles. The van der Waals surface area contributed by atoms with Gasteiger partial charge in [-0.2, -0.15) is 0 Å². The van der Waals surface area contributed by atoms with E-state index in [2.05, 4.69) is 5.32 Å². The van der Waals surface area contributed by atoms with Gasteiger partial charge in [-0.15, -0.1) is 0 Å². The normalized spacial score (nSPS) is 11.9. The lowest BCUT2D eigenvalue weighted by Crippen LogP contribution is -2.49. The summed E-state index contributed by atoms with van der Waals surface area (Å²) in [6.07, 6.45) is 1.73. The van der Waals surface area contributed by atoms with Gasteiger partial charge in [-0.05, 0) is 41.8 Å². The maximum Gasteiger partial charge on any atom is 0.242 e. The molecule has 0 heterocycles. The third-order valence-electron chi connectivity index (χ3n) is 6.29. The monoisotopic (exact) mass is 571 g/mol. The van der Waals surface area contributed by atoms with Crippen molar-refractivity contribution >= 4 is 39.1 Å². The fourth-order valence-corrected chi connectivity index (χ4v) is 5.42. The zero-order chi connectivity index (χ0) is 28.4. The van der Waals surface area contributed by atoms with Gasteiger partial charge < -0.3 is 15.0 Å². The number of nitrogens with one attached hydrogen (secondary N) is 1. The van der Waals surface area contributed by atoms with Crippen molar-refractivity contribution in [1.82, 2.24) is 10.2 Å². The van der Waals surface area contributed by atoms with Crippen molar-refractivity contribution in [3.63, 3.8) is 0 Å². The minimum atomic E-state index is -3.64. The molecule has 0 spiro atoms. The number of likely N-dealkylation sites (N-methyl/N-ethyl adjacent to an activating group) is 1. The highest BCUT2D eigenvalue weighted by molar-refractivity contribution is 7.92. The van der Waals surface area contributed by atoms with Gasteiger partial charge in [0.25, 0.3) is 0 Å². The van der Waals surface area contributed by atoms with Crippen LogP contribution in [0.3, 0.4) is 0 Å². The highest BCUT2D eigenvalue weighted by Gasteiger charge is 2.30. The summed E-state index contributed by atoms with van der Waals surface area (Å²) in [5.74, 6) is -0.128. The first-order valence-electron chi connectivity index (χ1n) is 12.5. The summed E-state index contributed by atoms with van der Waals surface area (Å²) in [4.78, 5) is 28.3. The number of anilines is 1. The Morgan fingerprint density at radius 3 is 2.21 bits per heavy atom. The lowest BCUT2D eigenvalue weighted by molar-refractivity contribution is -0.141. The number of rotatable bonds is 13. The van der Waals surface area contributed by atoms with Crippen LogP contribution in [-0.2, 0) is 32.6 Å². The number of halogens is 1. The second-order valence-corrected chi connectivity index (χ2v) is 11.4. The summed E-state index contributed by atoms with van der Waals surface area (Å²) in [5.41, 5.74) is 2.14. The first kappa shape index (κ1) is 30.0. The number of benzene rings is 3. The summed E-state index contributed by atoms with van der Waals surface area (Å²) in [6.45, 7) is 0.270. The summed E-state index contributed by atoms with van der Waals surface area (Å²) in [5, 5.41) is 3.26. The minimum Gasteiger partial charge on any atom is -0.495 e. The molecule has 0 saturated heterocycles. The number of carbonyl (C=O) groups excluding carboxylic acids is 2. The number of hydrogen-bond acceptors (Lipinski definition) is 5. The van der Waals surface area contributed by atoms with Crippen LogP contribution in [0.15, 0.2) is 78.9 Å². The molecule has 0 radical (unpaired) electrons. The standard InChI is InChI=1S/C29H34ClN3O5S/c1-31-29(35)26(20-22-10-5-4-6-11-22)32(21-23-15-17-24(30)18-16-23)28(34)14-9-19-33(39(3,36)37)25-12-7-8-13-27(25)38-2/h4-8,10-13,15-18,26H,9,14,19-21H2,1-3H3,(H,31,35). The number of amides is 2. The van der Waals surface area contributed by atoms with Crippen LogP contribution < -0.4 is 14.4 Å². The third-order valence-corrected chi connectivity index (χ3v) is 7.72. The number of nitrogens with zero attached hydrogens (tertiary/aromatic N) is 2. The smallest absolute Gasteiger partial charge is 0.242 e. The largest absolute Gasteiger partial charge is 0.495 e. The van der Waals surface area contributed by atoms with E-state index < -0.39 is 16.1 Å². The van der Waals surface area contributed by atoms with Gasteiger partial charge in [0.2, 0.25) is 21.8 Å². The Morgan fingerprint density at radius 1 is 0.949 bits per heavy atom. The molecule has 0 aliphatic heterocycles. The van der Waals surface area contributed by atoms with Gasteiger partial charge in [0.15, 0.2) is 0 Å². The van der Waals surface area contributed by atoms with E-state index in [4.69, 9.17) is 16.3 Å². The molecule has 0 aromatic heterocycles. The predicted octanol–water partition coefficient (Wildman–Crippen LogP) is 4.28. The molecule has 3 aromatic rings. The van der Waals surface area contributed by atoms with Gasteiger partial charge in [0, 0.05) is 38.0 Å². The van der Waals surface area contributed by atoms with Gasteiger partial charge in [0.05, 0.1) is 19.1 Å². The molecule has 1 atom stereocenters. The van der Waals surface area contributed by atoms with Crippen LogP contribution in [0.5, 0.6) is 5.75 Å². The highest BCUT2D eigenvalue weighted by atomic mass is 35.5. The van der Waals surface area contributed by atoms with Crippen molar-refractivity contribution in [2.75, 3.05) is 31.3 Å². The molecular formula is C29H34ClN3O5S. The zero-order valence-corrected chi connectivity index (χ0v) is 23.9. The van der Waals surface area contributed by atoms with Gasteiger partial charge >= 0.3 is 0 Å². The molecule has 208 valence electrons. The molecule has 0 saturated carbocycles. The topological polar surface area (TPSA) is 96.0 Å². The Kier molecular flexibility index (Phi) is 10.8. The highest BCUT2D eigenvalue weighted by Crippen LogP contribution is 2.30. The van der Waals surface area contributed by atoms with E-state index in [1.165, 1.54) is 11.4 Å². The summed E-state index contributed by atoms with van der Waals surface area (Å²) >= 11 is 6.05. The van der Waals surface area contributed by atoms with Crippen LogP contribution in [0.1, 0.15) is 24.0 Å². The second-order valence-electron chi connectivity index (χ2n) is 9.08. The van der Waals surface area contributed by atoms with E-state index >= 15 is 0 Å². The number of sulfonamides is 1. The first-order chi connectivity index (χ1) is 18.6. The molecule has 1 unspecified atom stereocenters. The summed E-state index contributed by atoms with van der Waals surface area (Å²) < 4.78 is 31.9. The van der Waals surface area contributed by atoms with Crippen molar-refractivity contribution in [2.45, 2.75) is 31.8 Å². The van der Waals surface area contributed by atoms with Gasteiger partial charge in [-0.25, -0.2) is 8.42 Å². The van der Waals surface area contributed by atoms with E-state index in [9.17, 15) is 18.0 Å². The van der Waals surface area contributed by atoms with Crippen LogP contribution in [0, 0.1) is 0 Å². The number of carbonyl (C=O) groups is 2. The Hall–Kier alpha value is -3.56. The lowest BCUT2D eigenvalue weighted by Gasteiger charge is -2.31. The van der Waals surface area contributed by atoms with E-state index in [0.717, 1.165) is 17.4 Å². The van der Waals surface area contributed by atoms with Crippen molar-refractivity contribution in [3.05, 3.63) is 95.0 Å². The maximum absolute atomic E-state index is 13.7. The third kappa shape index (κ3) is 8.46. The molecule has 8 nitrogen and oxygen atoms in total. The average molecular weight is 572 g/mol. The molecule has 0 fully saturated rings. The van der Waals surface area contributed by atoms with E-state index in [-0.39, 0.29) is 37.7 Å². The van der Waals surface area contributed by atoms with Crippen LogP contribution in [0.2, 0.25) is 5.02 Å². The van der Waals surface area contributed by atoms with Crippen LogP contribution in [-0.4, -0.2) is 58.1 Å². The SMILES string of the molecule is CNC(=O)C(Cc1ccccc1)N(Cc1ccc(Cl)cc1)C(=O)CCCN(c1ccccc1OC)S(C)(=O)=O. The Morgan fingerprint density at radius 2 is 1.59 bits per heavy atom. The van der Waals surface area contributed by atoms with E-state index in [0.29, 0.717) is 22.9 Å². The number of para-hydroxylation sites is 2. The van der Waals surface area contributed by atoms with Gasteiger partial charge in [-0.3, -0.25) is 13.9 Å². The second kappa shape index (κ2) is 14.0. The van der Waals surface area contributed by atoms with Gasteiger partial charge in [0.1, 0.15) is 11.8 Å². The Balaban J connectivity index is 1.85. The fourth-order valence-electron chi connectivity index (χ4n) is 4.33. The minimum absolute atomic E-state index is 0.0387. The van der Waals surface area contributed by atoms with Crippen molar-refractivity contribution < 1.29 is 22.7 Å². The van der Waals surface area contributed by atoms with E-state index in [1.54, 1.807) is 48.3 Å². The number of ether oxygens (including phenoxy) is 1. The van der Waals surface area contributed by atoms with Crippen molar-refractivity contribution in [2.24, 2.45) is 0 Å². The summed E-state index contributed by atoms with van der Waals surface area (Å²) in [7, 11) is -0.625. The molecule has 3 aromatic carbocycles. The van der Waals surface area contributed by atoms with Crippen LogP contribution >= 0.6 is 11.6 Å². The molecule has 2 amide bonds. The van der Waals surface area contributed by atoms with Crippen LogP contribution in [0.4, 0.5) is 5.69 Å². The predicted molar refractivity (Wildman–Crippen MR) is 154 cm³/mol. The quantitative estimate of drug-likeness (QED) is 0.330. The number of hydrogen-bond donors (Lipinski definition) is 1. The molecule has 1 N–H and O–H groups in total. The molecule has 0 aliphatic rings.